The van der Waals surface area contributed by atoms with E-state index in [1.165, 1.54) is 5.56 Å². The number of fused-ring (bicyclic) bond motifs is 1. The zero-order valence-electron chi connectivity index (χ0n) is 10.6. The molecule has 3 aromatic rings. The van der Waals surface area contributed by atoms with Crippen LogP contribution < -0.4 is 5.73 Å². The minimum absolute atomic E-state index is 0.667. The summed E-state index contributed by atoms with van der Waals surface area (Å²) in [7, 11) is 0. The smallest absolute Gasteiger partial charge is 0.139 e. The van der Waals surface area contributed by atoms with E-state index in [0.717, 1.165) is 27.8 Å². The van der Waals surface area contributed by atoms with Gasteiger partial charge in [-0.1, -0.05) is 31.2 Å². The number of hydrogen-bond acceptors (Lipinski definition) is 2. The second-order valence-electron chi connectivity index (χ2n) is 4.47. The Morgan fingerprint density at radius 3 is 2.58 bits per heavy atom. The number of aryl methyl sites for hydroxylation is 1. The van der Waals surface area contributed by atoms with Gasteiger partial charge in [0.15, 0.2) is 0 Å². The Morgan fingerprint density at radius 2 is 1.89 bits per heavy atom. The summed E-state index contributed by atoms with van der Waals surface area (Å²) in [4.78, 5) is 4.60. The third-order valence-electron chi connectivity index (χ3n) is 3.26. The molecule has 0 aliphatic rings. The van der Waals surface area contributed by atoms with E-state index in [9.17, 15) is 0 Å². The molecule has 0 fully saturated rings. The summed E-state index contributed by atoms with van der Waals surface area (Å²) in [5.41, 5.74) is 10.2. The lowest BCUT2D eigenvalue weighted by atomic mass is 10.1. The van der Waals surface area contributed by atoms with E-state index in [2.05, 4.69) is 52.1 Å². The van der Waals surface area contributed by atoms with Crippen LogP contribution in [0.15, 0.2) is 47.1 Å². The van der Waals surface area contributed by atoms with Gasteiger partial charge in [0.1, 0.15) is 17.2 Å². The molecule has 0 aliphatic heterocycles. The van der Waals surface area contributed by atoms with Crippen molar-refractivity contribution in [1.29, 1.82) is 0 Å². The molecule has 0 radical (unpaired) electrons. The molecular weight excluding hydrogens is 302 g/mol. The highest BCUT2D eigenvalue weighted by molar-refractivity contribution is 9.10. The van der Waals surface area contributed by atoms with Gasteiger partial charge < -0.3 is 5.73 Å². The molecule has 2 aromatic heterocycles. The number of rotatable bonds is 2. The van der Waals surface area contributed by atoms with Crippen molar-refractivity contribution in [3.8, 4) is 11.3 Å². The van der Waals surface area contributed by atoms with E-state index < -0.39 is 0 Å². The molecule has 96 valence electrons. The zero-order valence-corrected chi connectivity index (χ0v) is 12.2. The first-order chi connectivity index (χ1) is 9.19. The van der Waals surface area contributed by atoms with Crippen molar-refractivity contribution in [3.05, 3.63) is 52.6 Å². The number of nitrogen functional groups attached to an aromatic ring is 1. The van der Waals surface area contributed by atoms with Crippen molar-refractivity contribution in [2.75, 3.05) is 5.73 Å². The number of nitrogens with two attached hydrogens (primary N) is 1. The van der Waals surface area contributed by atoms with Crippen LogP contribution in [0.3, 0.4) is 0 Å². The molecule has 3 nitrogen and oxygen atoms in total. The number of hydrogen-bond donors (Lipinski definition) is 1. The summed E-state index contributed by atoms with van der Waals surface area (Å²) in [6.07, 6.45) is 2.97. The maximum absolute atomic E-state index is 6.19. The highest BCUT2D eigenvalue weighted by Gasteiger charge is 2.11. The Morgan fingerprint density at radius 1 is 1.16 bits per heavy atom. The van der Waals surface area contributed by atoms with Crippen LogP contribution in [0, 0.1) is 0 Å². The van der Waals surface area contributed by atoms with E-state index in [0.29, 0.717) is 5.82 Å². The van der Waals surface area contributed by atoms with Crippen molar-refractivity contribution < 1.29 is 0 Å². The molecule has 0 amide bonds. The van der Waals surface area contributed by atoms with Crippen molar-refractivity contribution in [2.24, 2.45) is 0 Å². The van der Waals surface area contributed by atoms with Gasteiger partial charge in [0.25, 0.3) is 0 Å². The van der Waals surface area contributed by atoms with Crippen LogP contribution in [0.1, 0.15) is 12.5 Å². The lowest BCUT2D eigenvalue weighted by Gasteiger charge is -2.01. The molecule has 0 spiro atoms. The van der Waals surface area contributed by atoms with Gasteiger partial charge in [-0.2, -0.15) is 0 Å². The topological polar surface area (TPSA) is 43.3 Å². The Hall–Kier alpha value is -1.81. The molecule has 0 unspecified atom stereocenters. The number of aromatic nitrogens is 2. The first-order valence-corrected chi connectivity index (χ1v) is 7.00. The predicted molar refractivity (Wildman–Crippen MR) is 82.1 cm³/mol. The van der Waals surface area contributed by atoms with Crippen molar-refractivity contribution in [1.82, 2.24) is 9.38 Å². The van der Waals surface area contributed by atoms with E-state index in [1.54, 1.807) is 0 Å². The van der Waals surface area contributed by atoms with Crippen molar-refractivity contribution in [2.45, 2.75) is 13.3 Å². The van der Waals surface area contributed by atoms with E-state index in [1.807, 2.05) is 22.7 Å². The van der Waals surface area contributed by atoms with Gasteiger partial charge >= 0.3 is 0 Å². The van der Waals surface area contributed by atoms with Gasteiger partial charge in [0, 0.05) is 16.2 Å². The Balaban J connectivity index is 2.16. The fourth-order valence-corrected chi connectivity index (χ4v) is 2.48. The third kappa shape index (κ3) is 2.12. The summed E-state index contributed by atoms with van der Waals surface area (Å²) in [6.45, 7) is 2.14. The van der Waals surface area contributed by atoms with Crippen LogP contribution in [-0.2, 0) is 6.42 Å². The molecule has 1 aromatic carbocycles. The van der Waals surface area contributed by atoms with Crippen LogP contribution in [0.4, 0.5) is 5.82 Å². The molecule has 4 heteroatoms. The third-order valence-corrected chi connectivity index (χ3v) is 3.72. The van der Waals surface area contributed by atoms with Gasteiger partial charge in [-0.3, -0.25) is 4.40 Å². The molecule has 0 atom stereocenters. The standard InChI is InChI=1S/C15H14BrN3/c1-2-10-3-5-11(6-4-10)14-15(17)19-9-12(16)7-8-13(19)18-14/h3-9H,2,17H2,1H3. The highest BCUT2D eigenvalue weighted by Crippen LogP contribution is 2.27. The quantitative estimate of drug-likeness (QED) is 0.779. The number of anilines is 1. The van der Waals surface area contributed by atoms with Crippen LogP contribution in [0.25, 0.3) is 16.9 Å². The lowest BCUT2D eigenvalue weighted by Crippen LogP contribution is -1.94. The number of halogens is 1. The molecular formula is C15H14BrN3. The zero-order chi connectivity index (χ0) is 13.4. The average molecular weight is 316 g/mol. The van der Waals surface area contributed by atoms with E-state index in [4.69, 9.17) is 5.73 Å². The van der Waals surface area contributed by atoms with Crippen molar-refractivity contribution >= 4 is 27.4 Å². The summed E-state index contributed by atoms with van der Waals surface area (Å²) in [6, 6.07) is 12.3. The number of imidazole rings is 1. The van der Waals surface area contributed by atoms with Gasteiger partial charge in [-0.25, -0.2) is 4.98 Å². The number of nitrogens with zero attached hydrogens (tertiary/aromatic N) is 2. The summed E-state index contributed by atoms with van der Waals surface area (Å²) in [5, 5.41) is 0. The van der Waals surface area contributed by atoms with Gasteiger partial charge in [0.05, 0.1) is 0 Å². The number of pyridine rings is 1. The average Bonchev–Trinajstić information content (AvgIpc) is 2.76. The Kier molecular flexibility index (Phi) is 3.03. The van der Waals surface area contributed by atoms with Gasteiger partial charge in [0.2, 0.25) is 0 Å². The molecule has 2 N–H and O–H groups in total. The SMILES string of the molecule is CCc1ccc(-c2nc3ccc(Br)cn3c2N)cc1. The highest BCUT2D eigenvalue weighted by atomic mass is 79.9. The minimum Gasteiger partial charge on any atom is -0.383 e. The van der Waals surface area contributed by atoms with Crippen LogP contribution in [0.2, 0.25) is 0 Å². The maximum Gasteiger partial charge on any atom is 0.139 e. The Labute approximate surface area is 120 Å². The Bertz CT molecular complexity index is 729. The minimum atomic E-state index is 0.667. The fraction of sp³-hybridized carbons (Fsp3) is 0.133. The number of benzene rings is 1. The maximum atomic E-state index is 6.19. The molecule has 19 heavy (non-hydrogen) atoms. The largest absolute Gasteiger partial charge is 0.383 e. The molecule has 0 saturated heterocycles. The molecule has 3 rings (SSSR count). The van der Waals surface area contributed by atoms with Crippen molar-refractivity contribution in [3.63, 3.8) is 0 Å². The first-order valence-electron chi connectivity index (χ1n) is 6.21. The monoisotopic (exact) mass is 315 g/mol. The fourth-order valence-electron chi connectivity index (χ4n) is 2.15. The molecule has 0 aliphatic carbocycles. The molecule has 0 bridgehead atoms. The normalized spacial score (nSPS) is 11.1. The van der Waals surface area contributed by atoms with Crippen LogP contribution >= 0.6 is 15.9 Å². The predicted octanol–water partition coefficient (Wildman–Crippen LogP) is 3.91. The molecule has 0 saturated carbocycles. The van der Waals surface area contributed by atoms with E-state index >= 15 is 0 Å². The van der Waals surface area contributed by atoms with E-state index in [-0.39, 0.29) is 0 Å². The van der Waals surface area contributed by atoms with Crippen LogP contribution in [-0.4, -0.2) is 9.38 Å². The summed E-state index contributed by atoms with van der Waals surface area (Å²) >= 11 is 3.45. The van der Waals surface area contributed by atoms with Gasteiger partial charge in [-0.15, -0.1) is 0 Å². The van der Waals surface area contributed by atoms with Crippen LogP contribution in [0.5, 0.6) is 0 Å². The summed E-state index contributed by atoms with van der Waals surface area (Å²) in [5.74, 6) is 0.667. The lowest BCUT2D eigenvalue weighted by molar-refractivity contribution is 1.14. The summed E-state index contributed by atoms with van der Waals surface area (Å²) < 4.78 is 2.88. The second-order valence-corrected chi connectivity index (χ2v) is 5.39. The first kappa shape index (κ1) is 12.2. The van der Waals surface area contributed by atoms with Gasteiger partial charge in [-0.05, 0) is 40.0 Å². The molecule has 2 heterocycles. The second kappa shape index (κ2) is 4.70.